The van der Waals surface area contributed by atoms with Crippen LogP contribution in [-0.4, -0.2) is 0 Å². The van der Waals surface area contributed by atoms with E-state index < -0.39 is 0 Å². The molecule has 0 aliphatic carbocycles. The van der Waals surface area contributed by atoms with Crippen molar-refractivity contribution in [1.82, 2.24) is 0 Å². The molecule has 0 amide bonds. The van der Waals surface area contributed by atoms with Gasteiger partial charge in [0.05, 0.1) is 0 Å². The Morgan fingerprint density at radius 1 is 1.12 bits per heavy atom. The lowest BCUT2D eigenvalue weighted by molar-refractivity contribution is 0.619. The van der Waals surface area contributed by atoms with E-state index in [1.807, 2.05) is 6.07 Å². The lowest BCUT2D eigenvalue weighted by Gasteiger charge is -2.07. The molecule has 0 spiro atoms. The van der Waals surface area contributed by atoms with E-state index in [0.717, 1.165) is 5.69 Å². The second kappa shape index (κ2) is 5.49. The Kier molecular flexibility index (Phi) is 3.99. The predicted octanol–water partition coefficient (Wildman–Crippen LogP) is 4.35. The molecule has 1 nitrogen and oxygen atoms in total. The maximum Gasteiger partial charge on any atom is 0.128 e. The van der Waals surface area contributed by atoms with Crippen LogP contribution in [0.5, 0.6) is 0 Å². The summed E-state index contributed by atoms with van der Waals surface area (Å²) in [5.41, 5.74) is 2.67. The highest BCUT2D eigenvalue weighted by molar-refractivity contribution is 14.1. The number of hydrogen-bond donors (Lipinski definition) is 1. The number of halogens is 2. The summed E-state index contributed by atoms with van der Waals surface area (Å²) < 4.78 is 14.5. The van der Waals surface area contributed by atoms with E-state index in [0.29, 0.717) is 12.1 Å². The van der Waals surface area contributed by atoms with Gasteiger partial charge in [0.2, 0.25) is 0 Å². The fraction of sp³-hybridized carbons (Fsp3) is 0.143. The molecule has 0 aliphatic heterocycles. The molecule has 0 saturated heterocycles. The predicted molar refractivity (Wildman–Crippen MR) is 77.6 cm³/mol. The Hall–Kier alpha value is -1.10. The topological polar surface area (TPSA) is 12.0 Å². The second-order valence-electron chi connectivity index (χ2n) is 3.94. The van der Waals surface area contributed by atoms with Crippen LogP contribution in [-0.2, 0) is 6.54 Å². The minimum atomic E-state index is -0.169. The van der Waals surface area contributed by atoms with Crippen molar-refractivity contribution in [2.24, 2.45) is 0 Å². The van der Waals surface area contributed by atoms with Gasteiger partial charge in [-0.15, -0.1) is 0 Å². The second-order valence-corrected chi connectivity index (χ2v) is 5.19. The third-order valence-corrected chi connectivity index (χ3v) is 3.30. The number of aryl methyl sites for hydroxylation is 1. The molecule has 17 heavy (non-hydrogen) atoms. The maximum atomic E-state index is 13.3. The van der Waals surface area contributed by atoms with Gasteiger partial charge in [0.25, 0.3) is 0 Å². The highest BCUT2D eigenvalue weighted by Gasteiger charge is 1.99. The van der Waals surface area contributed by atoms with E-state index in [1.165, 1.54) is 15.2 Å². The highest BCUT2D eigenvalue weighted by atomic mass is 127. The zero-order valence-electron chi connectivity index (χ0n) is 9.50. The van der Waals surface area contributed by atoms with E-state index in [9.17, 15) is 4.39 Å². The highest BCUT2D eigenvalue weighted by Crippen LogP contribution is 2.15. The van der Waals surface area contributed by atoms with Crippen molar-refractivity contribution in [3.05, 3.63) is 63.0 Å². The molecule has 88 valence electrons. The van der Waals surface area contributed by atoms with Gasteiger partial charge in [0.15, 0.2) is 0 Å². The normalized spacial score (nSPS) is 10.3. The number of hydrogen-bond acceptors (Lipinski definition) is 1. The Bertz CT molecular complexity index is 508. The van der Waals surface area contributed by atoms with Crippen LogP contribution in [0.3, 0.4) is 0 Å². The molecule has 2 rings (SSSR count). The first-order valence-electron chi connectivity index (χ1n) is 5.39. The quantitative estimate of drug-likeness (QED) is 0.819. The minimum Gasteiger partial charge on any atom is -0.381 e. The molecule has 0 saturated carbocycles. The zero-order chi connectivity index (χ0) is 12.3. The fourth-order valence-corrected chi connectivity index (χ4v) is 1.87. The standard InChI is InChI=1S/C14H13FIN/c1-10-2-7-13(8-14(10)15)17-9-11-3-5-12(16)6-4-11/h2-8,17H,9H2,1H3. The Labute approximate surface area is 114 Å². The van der Waals surface area contributed by atoms with Crippen LogP contribution >= 0.6 is 22.6 Å². The van der Waals surface area contributed by atoms with Crippen LogP contribution in [0.4, 0.5) is 10.1 Å². The molecular formula is C14H13FIN. The maximum absolute atomic E-state index is 13.3. The number of rotatable bonds is 3. The first kappa shape index (κ1) is 12.4. The number of nitrogens with one attached hydrogen (secondary N) is 1. The molecule has 0 aliphatic rings. The van der Waals surface area contributed by atoms with Crippen molar-refractivity contribution in [3.63, 3.8) is 0 Å². The first-order valence-corrected chi connectivity index (χ1v) is 6.47. The van der Waals surface area contributed by atoms with Crippen LogP contribution < -0.4 is 5.32 Å². The molecule has 0 aromatic heterocycles. The van der Waals surface area contributed by atoms with Crippen molar-refractivity contribution in [2.45, 2.75) is 13.5 Å². The van der Waals surface area contributed by atoms with Crippen molar-refractivity contribution < 1.29 is 4.39 Å². The average Bonchev–Trinajstić information content (AvgIpc) is 2.33. The van der Waals surface area contributed by atoms with Gasteiger partial charge in [-0.25, -0.2) is 4.39 Å². The molecule has 0 atom stereocenters. The van der Waals surface area contributed by atoms with Gasteiger partial charge in [0, 0.05) is 15.8 Å². The lowest BCUT2D eigenvalue weighted by Crippen LogP contribution is -2.00. The summed E-state index contributed by atoms with van der Waals surface area (Å²) in [6.45, 7) is 2.47. The van der Waals surface area contributed by atoms with Gasteiger partial charge in [-0.05, 0) is 64.9 Å². The summed E-state index contributed by atoms with van der Waals surface area (Å²) in [6.07, 6.45) is 0. The van der Waals surface area contributed by atoms with Crippen molar-refractivity contribution in [3.8, 4) is 0 Å². The summed E-state index contributed by atoms with van der Waals surface area (Å²) in [7, 11) is 0. The summed E-state index contributed by atoms with van der Waals surface area (Å²) in [6, 6.07) is 13.5. The molecule has 0 heterocycles. The molecule has 0 bridgehead atoms. The van der Waals surface area contributed by atoms with Gasteiger partial charge in [-0.1, -0.05) is 18.2 Å². The van der Waals surface area contributed by atoms with Crippen molar-refractivity contribution in [2.75, 3.05) is 5.32 Å². The van der Waals surface area contributed by atoms with Gasteiger partial charge in [-0.3, -0.25) is 0 Å². The molecule has 2 aromatic rings. The van der Waals surface area contributed by atoms with Crippen LogP contribution in [0, 0.1) is 16.3 Å². The average molecular weight is 341 g/mol. The van der Waals surface area contributed by atoms with Gasteiger partial charge >= 0.3 is 0 Å². The Balaban J connectivity index is 2.02. The van der Waals surface area contributed by atoms with E-state index in [2.05, 4.69) is 52.2 Å². The summed E-state index contributed by atoms with van der Waals surface area (Å²) in [5, 5.41) is 3.21. The van der Waals surface area contributed by atoms with Gasteiger partial charge < -0.3 is 5.32 Å². The number of anilines is 1. The third-order valence-electron chi connectivity index (χ3n) is 2.58. The van der Waals surface area contributed by atoms with Crippen molar-refractivity contribution in [1.29, 1.82) is 0 Å². The van der Waals surface area contributed by atoms with Crippen molar-refractivity contribution >= 4 is 28.3 Å². The Morgan fingerprint density at radius 3 is 2.47 bits per heavy atom. The summed E-state index contributed by atoms with van der Waals surface area (Å²) >= 11 is 2.27. The SMILES string of the molecule is Cc1ccc(NCc2ccc(I)cc2)cc1F. The molecule has 2 aromatic carbocycles. The largest absolute Gasteiger partial charge is 0.381 e. The molecule has 3 heteroatoms. The van der Waals surface area contributed by atoms with E-state index >= 15 is 0 Å². The van der Waals surface area contributed by atoms with Crippen LogP contribution in [0.2, 0.25) is 0 Å². The lowest BCUT2D eigenvalue weighted by atomic mass is 10.2. The van der Waals surface area contributed by atoms with Crippen LogP contribution in [0.1, 0.15) is 11.1 Å². The smallest absolute Gasteiger partial charge is 0.128 e. The third kappa shape index (κ3) is 3.43. The van der Waals surface area contributed by atoms with E-state index in [-0.39, 0.29) is 5.82 Å². The first-order chi connectivity index (χ1) is 8.15. The zero-order valence-corrected chi connectivity index (χ0v) is 11.7. The van der Waals surface area contributed by atoms with Gasteiger partial charge in [0.1, 0.15) is 5.82 Å². The molecular weight excluding hydrogens is 328 g/mol. The summed E-state index contributed by atoms with van der Waals surface area (Å²) in [5.74, 6) is -0.169. The van der Waals surface area contributed by atoms with Gasteiger partial charge in [-0.2, -0.15) is 0 Å². The molecule has 0 unspecified atom stereocenters. The molecule has 1 N–H and O–H groups in total. The monoisotopic (exact) mass is 341 g/mol. The van der Waals surface area contributed by atoms with E-state index in [1.54, 1.807) is 13.0 Å². The Morgan fingerprint density at radius 2 is 1.82 bits per heavy atom. The van der Waals surface area contributed by atoms with Crippen LogP contribution in [0.25, 0.3) is 0 Å². The summed E-state index contributed by atoms with van der Waals surface area (Å²) in [4.78, 5) is 0. The van der Waals surface area contributed by atoms with E-state index in [4.69, 9.17) is 0 Å². The fourth-order valence-electron chi connectivity index (χ4n) is 1.51. The minimum absolute atomic E-state index is 0.169. The molecule has 0 fully saturated rings. The van der Waals surface area contributed by atoms with Crippen LogP contribution in [0.15, 0.2) is 42.5 Å². The molecule has 0 radical (unpaired) electrons. The number of benzene rings is 2.